The summed E-state index contributed by atoms with van der Waals surface area (Å²) in [5, 5.41) is 17.6. The molecule has 0 bridgehead atoms. The molecule has 7 nitrogen and oxygen atoms in total. The number of alkyl halides is 3. The fourth-order valence-electron chi connectivity index (χ4n) is 2.14. The van der Waals surface area contributed by atoms with Gasteiger partial charge in [0.05, 0.1) is 10.6 Å². The number of aromatic nitrogens is 4. The third kappa shape index (κ3) is 4.09. The molecule has 11 heteroatoms. The first-order valence-electron chi connectivity index (χ1n) is 7.12. The van der Waals surface area contributed by atoms with Crippen molar-refractivity contribution in [1.29, 1.82) is 0 Å². The van der Waals surface area contributed by atoms with Gasteiger partial charge in [-0.15, -0.1) is 5.10 Å². The highest BCUT2D eigenvalue weighted by molar-refractivity contribution is 6.31. The number of hydrogen-bond acceptors (Lipinski definition) is 4. The molecule has 0 atom stereocenters. The fraction of sp³-hybridized carbons (Fsp3) is 0.0667. The van der Waals surface area contributed by atoms with E-state index < -0.39 is 22.8 Å². The minimum atomic E-state index is -4.62. The highest BCUT2D eigenvalue weighted by Gasteiger charge is 2.33. The van der Waals surface area contributed by atoms with Gasteiger partial charge in [-0.3, -0.25) is 0 Å². The predicted octanol–water partition coefficient (Wildman–Crippen LogP) is 4.18. The molecule has 3 aromatic rings. The number of urea groups is 1. The van der Waals surface area contributed by atoms with E-state index in [-0.39, 0.29) is 5.69 Å². The average Bonchev–Trinajstić information content (AvgIpc) is 3.10. The van der Waals surface area contributed by atoms with E-state index >= 15 is 0 Å². The lowest BCUT2D eigenvalue weighted by atomic mass is 10.2. The summed E-state index contributed by atoms with van der Waals surface area (Å²) in [7, 11) is 0. The maximum absolute atomic E-state index is 12.9. The Hall–Kier alpha value is -3.14. The zero-order valence-electron chi connectivity index (χ0n) is 12.8. The number of rotatable bonds is 3. The van der Waals surface area contributed by atoms with Crippen molar-refractivity contribution in [3.63, 3.8) is 0 Å². The summed E-state index contributed by atoms with van der Waals surface area (Å²) in [5.74, 6) is 0.404. The summed E-state index contributed by atoms with van der Waals surface area (Å²) in [6.45, 7) is 0. The molecule has 0 saturated carbocycles. The molecule has 26 heavy (non-hydrogen) atoms. The standard InChI is InChI=1S/C15H10ClF3N6O/c16-12-5-4-10(7-11(12)15(17,18)19)21-14(26)20-9-3-1-2-8(6-9)13-22-24-25-23-13/h1-7H,(H2,20,21,26)(H,22,23,24,25). The van der Waals surface area contributed by atoms with Crippen LogP contribution in [0.15, 0.2) is 42.5 Å². The molecule has 2 aromatic carbocycles. The summed E-state index contributed by atoms with van der Waals surface area (Å²) >= 11 is 5.55. The molecule has 0 radical (unpaired) electrons. The van der Waals surface area contributed by atoms with Crippen LogP contribution in [0.5, 0.6) is 0 Å². The highest BCUT2D eigenvalue weighted by atomic mass is 35.5. The Bertz CT molecular complexity index is 929. The minimum absolute atomic E-state index is 0.0465. The molecule has 1 heterocycles. The summed E-state index contributed by atoms with van der Waals surface area (Å²) < 4.78 is 38.6. The Balaban J connectivity index is 1.73. The second-order valence-electron chi connectivity index (χ2n) is 5.10. The van der Waals surface area contributed by atoms with Gasteiger partial charge in [0.2, 0.25) is 0 Å². The molecule has 0 spiro atoms. The van der Waals surface area contributed by atoms with Crippen LogP contribution >= 0.6 is 11.6 Å². The van der Waals surface area contributed by atoms with Gasteiger partial charge in [0.15, 0.2) is 5.82 Å². The molecule has 0 aliphatic heterocycles. The quantitative estimate of drug-likeness (QED) is 0.633. The molecule has 1 aromatic heterocycles. The van der Waals surface area contributed by atoms with Crippen molar-refractivity contribution in [1.82, 2.24) is 20.6 Å². The zero-order chi connectivity index (χ0) is 18.7. The van der Waals surface area contributed by atoms with Gasteiger partial charge in [-0.05, 0) is 40.8 Å². The number of amides is 2. The van der Waals surface area contributed by atoms with E-state index in [1.54, 1.807) is 24.3 Å². The molecule has 0 aliphatic rings. The van der Waals surface area contributed by atoms with E-state index in [1.165, 1.54) is 6.07 Å². The van der Waals surface area contributed by atoms with Crippen LogP contribution in [0.2, 0.25) is 5.02 Å². The molecule has 0 fully saturated rings. The van der Waals surface area contributed by atoms with Crippen molar-refractivity contribution >= 4 is 29.0 Å². The van der Waals surface area contributed by atoms with E-state index in [1.807, 2.05) is 0 Å². The van der Waals surface area contributed by atoms with Gasteiger partial charge in [-0.1, -0.05) is 23.7 Å². The van der Waals surface area contributed by atoms with Gasteiger partial charge >= 0.3 is 12.2 Å². The van der Waals surface area contributed by atoms with Gasteiger partial charge in [-0.25, -0.2) is 9.89 Å². The van der Waals surface area contributed by atoms with E-state index in [9.17, 15) is 18.0 Å². The lowest BCUT2D eigenvalue weighted by molar-refractivity contribution is -0.137. The van der Waals surface area contributed by atoms with Crippen LogP contribution in [0.1, 0.15) is 5.56 Å². The summed E-state index contributed by atoms with van der Waals surface area (Å²) in [4.78, 5) is 12.0. The largest absolute Gasteiger partial charge is 0.417 e. The van der Waals surface area contributed by atoms with Crippen molar-refractivity contribution in [2.45, 2.75) is 6.18 Å². The first kappa shape index (κ1) is 17.7. The zero-order valence-corrected chi connectivity index (χ0v) is 13.6. The molecule has 3 N–H and O–H groups in total. The number of carbonyl (C=O) groups excluding carboxylic acids is 1. The minimum Gasteiger partial charge on any atom is -0.308 e. The van der Waals surface area contributed by atoms with Gasteiger partial charge in [0.25, 0.3) is 0 Å². The number of aromatic amines is 1. The third-order valence-electron chi connectivity index (χ3n) is 3.27. The summed E-state index contributed by atoms with van der Waals surface area (Å²) in [6, 6.07) is 8.98. The Morgan fingerprint density at radius 2 is 1.81 bits per heavy atom. The molecule has 134 valence electrons. The number of halogens is 4. The van der Waals surface area contributed by atoms with Crippen LogP contribution in [-0.2, 0) is 6.18 Å². The van der Waals surface area contributed by atoms with E-state index in [4.69, 9.17) is 11.6 Å². The first-order valence-corrected chi connectivity index (χ1v) is 7.49. The van der Waals surface area contributed by atoms with Crippen molar-refractivity contribution in [2.24, 2.45) is 0 Å². The first-order chi connectivity index (χ1) is 12.3. The summed E-state index contributed by atoms with van der Waals surface area (Å²) in [5.41, 5.74) is -0.0494. The maximum atomic E-state index is 12.9. The normalized spacial score (nSPS) is 11.2. The van der Waals surface area contributed by atoms with Crippen LogP contribution in [0.25, 0.3) is 11.4 Å². The van der Waals surface area contributed by atoms with Gasteiger partial charge in [-0.2, -0.15) is 13.2 Å². The molecule has 3 rings (SSSR count). The smallest absolute Gasteiger partial charge is 0.308 e. The number of anilines is 2. The molecule has 0 unspecified atom stereocenters. The Morgan fingerprint density at radius 1 is 1.08 bits per heavy atom. The SMILES string of the molecule is O=C(Nc1cccc(-c2nnn[nH]2)c1)Nc1ccc(Cl)c(C(F)(F)F)c1. The Morgan fingerprint density at radius 3 is 2.46 bits per heavy atom. The summed E-state index contributed by atoms with van der Waals surface area (Å²) in [6.07, 6.45) is -4.62. The van der Waals surface area contributed by atoms with Crippen LogP contribution in [0.4, 0.5) is 29.3 Å². The fourth-order valence-corrected chi connectivity index (χ4v) is 2.36. The van der Waals surface area contributed by atoms with Crippen molar-refractivity contribution in [3.05, 3.63) is 53.1 Å². The predicted molar refractivity (Wildman–Crippen MR) is 88.7 cm³/mol. The lowest BCUT2D eigenvalue weighted by Gasteiger charge is -2.12. The van der Waals surface area contributed by atoms with Gasteiger partial charge < -0.3 is 10.6 Å². The molecular weight excluding hydrogens is 373 g/mol. The van der Waals surface area contributed by atoms with E-state index in [2.05, 4.69) is 31.3 Å². The van der Waals surface area contributed by atoms with Crippen molar-refractivity contribution in [3.8, 4) is 11.4 Å². The molecular formula is C15H10ClF3N6O. The van der Waals surface area contributed by atoms with Crippen molar-refractivity contribution < 1.29 is 18.0 Å². The number of benzene rings is 2. The number of hydrogen-bond donors (Lipinski definition) is 3. The van der Waals surface area contributed by atoms with E-state index in [0.717, 1.165) is 12.1 Å². The third-order valence-corrected chi connectivity index (χ3v) is 3.60. The topological polar surface area (TPSA) is 95.6 Å². The number of tetrazole rings is 1. The van der Waals surface area contributed by atoms with Crippen LogP contribution < -0.4 is 10.6 Å². The van der Waals surface area contributed by atoms with E-state index in [0.29, 0.717) is 17.1 Å². The Labute approximate surface area is 149 Å². The number of H-pyrrole nitrogens is 1. The van der Waals surface area contributed by atoms with Crippen LogP contribution in [0, 0.1) is 0 Å². The average molecular weight is 383 g/mol. The number of nitrogens with zero attached hydrogens (tertiary/aromatic N) is 3. The number of carbonyl (C=O) groups is 1. The van der Waals surface area contributed by atoms with Gasteiger partial charge in [0.1, 0.15) is 0 Å². The van der Waals surface area contributed by atoms with Crippen molar-refractivity contribution in [2.75, 3.05) is 10.6 Å². The van der Waals surface area contributed by atoms with Crippen LogP contribution in [-0.4, -0.2) is 26.7 Å². The molecule has 0 saturated heterocycles. The maximum Gasteiger partial charge on any atom is 0.417 e. The van der Waals surface area contributed by atoms with Crippen LogP contribution in [0.3, 0.4) is 0 Å². The monoisotopic (exact) mass is 382 g/mol. The second-order valence-corrected chi connectivity index (χ2v) is 5.51. The Kier molecular flexibility index (Phi) is 4.76. The van der Waals surface area contributed by atoms with Gasteiger partial charge in [0, 0.05) is 16.9 Å². The molecule has 0 aliphatic carbocycles. The lowest BCUT2D eigenvalue weighted by Crippen LogP contribution is -2.20. The molecule has 2 amide bonds. The number of nitrogens with one attached hydrogen (secondary N) is 3. The highest BCUT2D eigenvalue weighted by Crippen LogP contribution is 2.36. The second kappa shape index (κ2) is 7.00.